The molecule has 10 heteroatoms. The Kier molecular flexibility index (Phi) is 5.09. The van der Waals surface area contributed by atoms with Crippen LogP contribution >= 0.6 is 0 Å². The molecule has 3 heterocycles. The van der Waals surface area contributed by atoms with Gasteiger partial charge in [0.2, 0.25) is 10.0 Å². The third-order valence-corrected chi connectivity index (χ3v) is 7.32. The molecular weight excluding hydrogens is 411 g/mol. The van der Waals surface area contributed by atoms with Crippen molar-refractivity contribution in [3.05, 3.63) is 51.0 Å². The van der Waals surface area contributed by atoms with Crippen LogP contribution < -0.4 is 5.76 Å². The zero-order valence-corrected chi connectivity index (χ0v) is 18.3. The van der Waals surface area contributed by atoms with Crippen LogP contribution in [0.1, 0.15) is 41.3 Å². The van der Waals surface area contributed by atoms with E-state index in [4.69, 9.17) is 4.42 Å². The molecule has 1 aromatic carbocycles. The van der Waals surface area contributed by atoms with Gasteiger partial charge in [0.15, 0.2) is 11.4 Å². The van der Waals surface area contributed by atoms with Crippen molar-refractivity contribution in [1.82, 2.24) is 18.7 Å². The SMILES string of the molecule is Cc1nn(C)c(C)c1Cn1c(=O)oc2c(F)cc(C3CCCN(S(C)(=O)=O)C3)cc21. The van der Waals surface area contributed by atoms with Gasteiger partial charge in [0.1, 0.15) is 0 Å². The molecule has 0 spiro atoms. The predicted octanol–water partition coefficient (Wildman–Crippen LogP) is 2.27. The van der Waals surface area contributed by atoms with Crippen LogP contribution in [0.25, 0.3) is 11.1 Å². The third kappa shape index (κ3) is 3.58. The van der Waals surface area contributed by atoms with Gasteiger partial charge in [-0.1, -0.05) is 0 Å². The highest BCUT2D eigenvalue weighted by Gasteiger charge is 2.28. The van der Waals surface area contributed by atoms with Gasteiger partial charge in [0.05, 0.1) is 24.0 Å². The minimum atomic E-state index is -3.31. The van der Waals surface area contributed by atoms with Crippen LogP contribution in [0.15, 0.2) is 21.3 Å². The zero-order chi connectivity index (χ0) is 21.8. The molecule has 1 saturated heterocycles. The number of piperidine rings is 1. The fourth-order valence-corrected chi connectivity index (χ4v) is 5.16. The molecule has 2 aromatic heterocycles. The normalized spacial score (nSPS) is 18.4. The number of oxazole rings is 1. The van der Waals surface area contributed by atoms with Crippen LogP contribution in [0.2, 0.25) is 0 Å². The maximum Gasteiger partial charge on any atom is 0.420 e. The minimum Gasteiger partial charge on any atom is -0.405 e. The molecule has 1 aliphatic heterocycles. The van der Waals surface area contributed by atoms with E-state index in [0.29, 0.717) is 30.6 Å². The van der Waals surface area contributed by atoms with Gasteiger partial charge in [0, 0.05) is 31.4 Å². The maximum atomic E-state index is 14.8. The Labute approximate surface area is 173 Å². The monoisotopic (exact) mass is 436 g/mol. The molecule has 162 valence electrons. The molecule has 8 nitrogen and oxygen atoms in total. The lowest BCUT2D eigenvalue weighted by molar-refractivity contribution is 0.317. The Bertz CT molecular complexity index is 1290. The van der Waals surface area contributed by atoms with E-state index >= 15 is 0 Å². The summed E-state index contributed by atoms with van der Waals surface area (Å²) in [5, 5.41) is 4.37. The summed E-state index contributed by atoms with van der Waals surface area (Å²) in [7, 11) is -1.48. The number of sulfonamides is 1. The van der Waals surface area contributed by atoms with Crippen molar-refractivity contribution in [2.45, 2.75) is 39.2 Å². The van der Waals surface area contributed by atoms with Crippen LogP contribution in [0.4, 0.5) is 4.39 Å². The van der Waals surface area contributed by atoms with E-state index in [1.807, 2.05) is 20.9 Å². The minimum absolute atomic E-state index is 0.0845. The van der Waals surface area contributed by atoms with Crippen molar-refractivity contribution in [2.24, 2.45) is 7.05 Å². The number of hydrogen-bond acceptors (Lipinski definition) is 5. The first-order valence-electron chi connectivity index (χ1n) is 9.83. The fourth-order valence-electron chi connectivity index (χ4n) is 4.25. The van der Waals surface area contributed by atoms with Crippen molar-refractivity contribution in [1.29, 1.82) is 0 Å². The molecule has 1 unspecified atom stereocenters. The van der Waals surface area contributed by atoms with E-state index in [9.17, 15) is 17.6 Å². The van der Waals surface area contributed by atoms with Gasteiger partial charge in [-0.2, -0.15) is 5.10 Å². The van der Waals surface area contributed by atoms with Crippen LogP contribution in [0, 0.1) is 19.7 Å². The van der Waals surface area contributed by atoms with Crippen LogP contribution in [-0.4, -0.2) is 46.4 Å². The number of halogens is 1. The van der Waals surface area contributed by atoms with Crippen LogP contribution in [-0.2, 0) is 23.6 Å². The molecule has 0 radical (unpaired) electrons. The molecule has 3 aromatic rings. The van der Waals surface area contributed by atoms with Gasteiger partial charge in [-0.15, -0.1) is 0 Å². The summed E-state index contributed by atoms with van der Waals surface area (Å²) >= 11 is 0. The second kappa shape index (κ2) is 7.35. The van der Waals surface area contributed by atoms with Gasteiger partial charge < -0.3 is 4.42 Å². The summed E-state index contributed by atoms with van der Waals surface area (Å²) in [6.45, 7) is 4.77. The average Bonchev–Trinajstić information content (AvgIpc) is 3.12. The van der Waals surface area contributed by atoms with E-state index in [1.165, 1.54) is 21.2 Å². The van der Waals surface area contributed by atoms with Crippen LogP contribution in [0.5, 0.6) is 0 Å². The maximum absolute atomic E-state index is 14.8. The lowest BCUT2D eigenvalue weighted by atomic mass is 9.91. The van der Waals surface area contributed by atoms with E-state index in [-0.39, 0.29) is 18.0 Å². The van der Waals surface area contributed by atoms with Crippen molar-refractivity contribution in [2.75, 3.05) is 19.3 Å². The highest BCUT2D eigenvalue weighted by Crippen LogP contribution is 2.31. The molecule has 4 rings (SSSR count). The Morgan fingerprint density at radius 1 is 1.30 bits per heavy atom. The first kappa shape index (κ1) is 20.8. The summed E-state index contributed by atoms with van der Waals surface area (Å²) in [5.41, 5.74) is 3.55. The van der Waals surface area contributed by atoms with Gasteiger partial charge in [0.25, 0.3) is 0 Å². The number of rotatable bonds is 4. The van der Waals surface area contributed by atoms with Gasteiger partial charge in [-0.3, -0.25) is 9.25 Å². The number of fused-ring (bicyclic) bond motifs is 1. The van der Waals surface area contributed by atoms with Crippen molar-refractivity contribution < 1.29 is 17.2 Å². The van der Waals surface area contributed by atoms with Crippen molar-refractivity contribution in [3.63, 3.8) is 0 Å². The predicted molar refractivity (Wildman–Crippen MR) is 111 cm³/mol. The quantitative estimate of drug-likeness (QED) is 0.626. The largest absolute Gasteiger partial charge is 0.420 e. The van der Waals surface area contributed by atoms with E-state index in [2.05, 4.69) is 5.10 Å². The summed E-state index contributed by atoms with van der Waals surface area (Å²) < 4.78 is 48.5. The molecule has 0 N–H and O–H groups in total. The molecule has 0 amide bonds. The Morgan fingerprint density at radius 2 is 2.03 bits per heavy atom. The average molecular weight is 437 g/mol. The van der Waals surface area contributed by atoms with Gasteiger partial charge >= 0.3 is 5.76 Å². The van der Waals surface area contributed by atoms with E-state index < -0.39 is 21.6 Å². The first-order chi connectivity index (χ1) is 14.1. The Hall–Kier alpha value is -2.46. The lowest BCUT2D eigenvalue weighted by Crippen LogP contribution is -2.38. The lowest BCUT2D eigenvalue weighted by Gasteiger charge is -2.31. The summed E-state index contributed by atoms with van der Waals surface area (Å²) in [6, 6.07) is 3.10. The third-order valence-electron chi connectivity index (χ3n) is 6.05. The summed E-state index contributed by atoms with van der Waals surface area (Å²) in [6.07, 6.45) is 2.63. The second-order valence-corrected chi connectivity index (χ2v) is 10.0. The smallest absolute Gasteiger partial charge is 0.405 e. The van der Waals surface area contributed by atoms with Gasteiger partial charge in [-0.05, 0) is 50.3 Å². The zero-order valence-electron chi connectivity index (χ0n) is 17.5. The number of benzene rings is 1. The van der Waals surface area contributed by atoms with Crippen molar-refractivity contribution >= 4 is 21.1 Å². The molecule has 0 aliphatic carbocycles. The highest BCUT2D eigenvalue weighted by atomic mass is 32.2. The second-order valence-electron chi connectivity index (χ2n) is 8.04. The van der Waals surface area contributed by atoms with E-state index in [1.54, 1.807) is 10.7 Å². The van der Waals surface area contributed by atoms with Crippen molar-refractivity contribution in [3.8, 4) is 0 Å². The molecule has 0 saturated carbocycles. The Balaban J connectivity index is 1.78. The van der Waals surface area contributed by atoms with E-state index in [0.717, 1.165) is 23.4 Å². The highest BCUT2D eigenvalue weighted by molar-refractivity contribution is 7.88. The molecule has 1 fully saturated rings. The molecule has 30 heavy (non-hydrogen) atoms. The summed E-state index contributed by atoms with van der Waals surface area (Å²) in [4.78, 5) is 12.5. The van der Waals surface area contributed by atoms with Gasteiger partial charge in [-0.25, -0.2) is 21.9 Å². The topological polar surface area (TPSA) is 90.3 Å². The molecule has 1 atom stereocenters. The Morgan fingerprint density at radius 3 is 2.67 bits per heavy atom. The summed E-state index contributed by atoms with van der Waals surface area (Å²) in [5.74, 6) is -1.40. The standard InChI is InChI=1S/C20H25FN4O4S/c1-12-16(13(2)23(3)22-12)11-25-18-9-15(8-17(21)19(18)29-20(25)26)14-6-5-7-24(10-14)30(4,27)28/h8-9,14H,5-7,10-11H2,1-4H3. The first-order valence-corrected chi connectivity index (χ1v) is 11.7. The van der Waals surface area contributed by atoms with Crippen LogP contribution in [0.3, 0.4) is 0 Å². The molecule has 0 bridgehead atoms. The number of aryl methyl sites for hydroxylation is 2. The number of aromatic nitrogens is 3. The molecule has 1 aliphatic rings. The number of nitrogens with zero attached hydrogens (tertiary/aromatic N) is 4. The fraction of sp³-hybridized carbons (Fsp3) is 0.500. The number of hydrogen-bond donors (Lipinski definition) is 0. The molecular formula is C20H25FN4O4S.